The van der Waals surface area contributed by atoms with Crippen LogP contribution in [0.1, 0.15) is 20.5 Å². The van der Waals surface area contributed by atoms with Gasteiger partial charge in [-0.3, -0.25) is 0 Å². The SMILES string of the molecule is Cc1nc(CC(O)Cc2cccs2)sc1C. The molecule has 86 valence electrons. The Morgan fingerprint density at radius 3 is 2.75 bits per heavy atom. The van der Waals surface area contributed by atoms with E-state index >= 15 is 0 Å². The van der Waals surface area contributed by atoms with Crippen LogP contribution in [0.25, 0.3) is 0 Å². The van der Waals surface area contributed by atoms with Gasteiger partial charge in [0.2, 0.25) is 0 Å². The monoisotopic (exact) mass is 253 g/mol. The number of aryl methyl sites for hydroxylation is 2. The molecule has 0 aliphatic rings. The summed E-state index contributed by atoms with van der Waals surface area (Å²) in [5.74, 6) is 0. The van der Waals surface area contributed by atoms with E-state index in [4.69, 9.17) is 0 Å². The Bertz CT molecular complexity index is 428. The van der Waals surface area contributed by atoms with E-state index in [-0.39, 0.29) is 6.10 Å². The first kappa shape index (κ1) is 11.8. The van der Waals surface area contributed by atoms with Crippen LogP contribution in [0.5, 0.6) is 0 Å². The maximum Gasteiger partial charge on any atom is 0.0956 e. The van der Waals surface area contributed by atoms with E-state index in [1.54, 1.807) is 22.7 Å². The number of hydrogen-bond donors (Lipinski definition) is 1. The van der Waals surface area contributed by atoms with E-state index in [9.17, 15) is 5.11 Å². The van der Waals surface area contributed by atoms with E-state index in [2.05, 4.69) is 18.0 Å². The van der Waals surface area contributed by atoms with Gasteiger partial charge in [-0.2, -0.15) is 0 Å². The molecule has 0 amide bonds. The van der Waals surface area contributed by atoms with Gasteiger partial charge in [-0.05, 0) is 25.3 Å². The fourth-order valence-electron chi connectivity index (χ4n) is 1.56. The quantitative estimate of drug-likeness (QED) is 0.908. The molecule has 0 bridgehead atoms. The molecule has 16 heavy (non-hydrogen) atoms. The zero-order valence-corrected chi connectivity index (χ0v) is 11.1. The number of thiazole rings is 1. The Labute approximate surface area is 104 Å². The van der Waals surface area contributed by atoms with Crippen LogP contribution in [0.2, 0.25) is 0 Å². The molecule has 2 aromatic rings. The van der Waals surface area contributed by atoms with E-state index in [0.717, 1.165) is 17.1 Å². The van der Waals surface area contributed by atoms with Gasteiger partial charge in [-0.25, -0.2) is 4.98 Å². The highest BCUT2D eigenvalue weighted by molar-refractivity contribution is 7.11. The van der Waals surface area contributed by atoms with Crippen molar-refractivity contribution < 1.29 is 5.11 Å². The van der Waals surface area contributed by atoms with E-state index in [1.807, 2.05) is 18.4 Å². The molecule has 1 unspecified atom stereocenters. The predicted octanol–water partition coefficient (Wildman–Crippen LogP) is 2.97. The average Bonchev–Trinajstić information content (AvgIpc) is 2.78. The summed E-state index contributed by atoms with van der Waals surface area (Å²) in [4.78, 5) is 6.92. The standard InChI is InChI=1S/C12H15NOS2/c1-8-9(2)16-12(13-8)7-10(14)6-11-4-3-5-15-11/h3-5,10,14H,6-7H2,1-2H3. The van der Waals surface area contributed by atoms with Crippen molar-refractivity contribution in [2.45, 2.75) is 32.8 Å². The summed E-state index contributed by atoms with van der Waals surface area (Å²) in [5.41, 5.74) is 1.09. The van der Waals surface area contributed by atoms with Crippen LogP contribution in [0.3, 0.4) is 0 Å². The number of rotatable bonds is 4. The highest BCUT2D eigenvalue weighted by atomic mass is 32.1. The lowest BCUT2D eigenvalue weighted by molar-refractivity contribution is 0.176. The van der Waals surface area contributed by atoms with Gasteiger partial charge in [0.1, 0.15) is 0 Å². The van der Waals surface area contributed by atoms with Crippen molar-refractivity contribution in [2.75, 3.05) is 0 Å². The molecule has 0 spiro atoms. The van der Waals surface area contributed by atoms with Crippen molar-refractivity contribution in [3.8, 4) is 0 Å². The van der Waals surface area contributed by atoms with Crippen LogP contribution >= 0.6 is 22.7 Å². The third-order valence-electron chi connectivity index (χ3n) is 2.50. The van der Waals surface area contributed by atoms with Gasteiger partial charge in [0.05, 0.1) is 16.8 Å². The summed E-state index contributed by atoms with van der Waals surface area (Å²) < 4.78 is 0. The smallest absolute Gasteiger partial charge is 0.0956 e. The van der Waals surface area contributed by atoms with Gasteiger partial charge in [-0.1, -0.05) is 6.07 Å². The van der Waals surface area contributed by atoms with Crippen LogP contribution in [-0.4, -0.2) is 16.2 Å². The largest absolute Gasteiger partial charge is 0.392 e. The minimum Gasteiger partial charge on any atom is -0.392 e. The first-order valence-electron chi connectivity index (χ1n) is 5.28. The van der Waals surface area contributed by atoms with Crippen LogP contribution in [0, 0.1) is 13.8 Å². The fraction of sp³-hybridized carbons (Fsp3) is 0.417. The fourth-order valence-corrected chi connectivity index (χ4v) is 3.34. The molecular weight excluding hydrogens is 238 g/mol. The van der Waals surface area contributed by atoms with Crippen molar-refractivity contribution in [1.29, 1.82) is 0 Å². The van der Waals surface area contributed by atoms with Crippen molar-refractivity contribution in [2.24, 2.45) is 0 Å². The number of aliphatic hydroxyl groups excluding tert-OH is 1. The predicted molar refractivity (Wildman–Crippen MR) is 69.3 cm³/mol. The highest BCUT2D eigenvalue weighted by Gasteiger charge is 2.11. The first-order chi connectivity index (χ1) is 7.65. The minimum atomic E-state index is -0.316. The maximum atomic E-state index is 9.95. The summed E-state index contributed by atoms with van der Waals surface area (Å²) in [5, 5.41) is 13.0. The molecule has 2 nitrogen and oxygen atoms in total. The molecule has 0 aromatic carbocycles. The van der Waals surface area contributed by atoms with Crippen LogP contribution in [0.15, 0.2) is 17.5 Å². The average molecular weight is 253 g/mol. The van der Waals surface area contributed by atoms with Crippen molar-refractivity contribution >= 4 is 22.7 Å². The van der Waals surface area contributed by atoms with Crippen molar-refractivity contribution in [1.82, 2.24) is 4.98 Å². The third kappa shape index (κ3) is 2.90. The van der Waals surface area contributed by atoms with Gasteiger partial charge in [-0.15, -0.1) is 22.7 Å². The lowest BCUT2D eigenvalue weighted by Crippen LogP contribution is -2.12. The number of aliphatic hydroxyl groups is 1. The molecule has 2 rings (SSSR count). The molecular formula is C12H15NOS2. The van der Waals surface area contributed by atoms with Gasteiger partial charge in [0.15, 0.2) is 0 Å². The lowest BCUT2D eigenvalue weighted by atomic mass is 10.2. The molecule has 0 aliphatic carbocycles. The van der Waals surface area contributed by atoms with E-state index in [1.165, 1.54) is 9.75 Å². The summed E-state index contributed by atoms with van der Waals surface area (Å²) in [6, 6.07) is 4.08. The third-order valence-corrected chi connectivity index (χ3v) is 4.49. The molecule has 0 aliphatic heterocycles. The van der Waals surface area contributed by atoms with Gasteiger partial charge >= 0.3 is 0 Å². The van der Waals surface area contributed by atoms with E-state index < -0.39 is 0 Å². The summed E-state index contributed by atoms with van der Waals surface area (Å²) in [6.45, 7) is 4.09. The second-order valence-corrected chi connectivity index (χ2v) is 6.21. The van der Waals surface area contributed by atoms with Gasteiger partial charge in [0, 0.05) is 22.6 Å². The zero-order valence-electron chi connectivity index (χ0n) is 9.43. The number of aromatic nitrogens is 1. The minimum absolute atomic E-state index is 0.316. The molecule has 1 atom stereocenters. The Morgan fingerprint density at radius 2 is 2.19 bits per heavy atom. The van der Waals surface area contributed by atoms with Crippen molar-refractivity contribution in [3.05, 3.63) is 38.0 Å². The lowest BCUT2D eigenvalue weighted by Gasteiger charge is -2.06. The van der Waals surface area contributed by atoms with Gasteiger partial charge < -0.3 is 5.11 Å². The Hall–Kier alpha value is -0.710. The topological polar surface area (TPSA) is 33.1 Å². The molecule has 0 fully saturated rings. The van der Waals surface area contributed by atoms with Crippen LogP contribution in [-0.2, 0) is 12.8 Å². The number of thiophene rings is 1. The van der Waals surface area contributed by atoms with Crippen LogP contribution < -0.4 is 0 Å². The summed E-state index contributed by atoms with van der Waals surface area (Å²) in [7, 11) is 0. The highest BCUT2D eigenvalue weighted by Crippen LogP contribution is 2.19. The Balaban J connectivity index is 1.94. The second kappa shape index (κ2) is 5.08. The maximum absolute atomic E-state index is 9.95. The van der Waals surface area contributed by atoms with Crippen molar-refractivity contribution in [3.63, 3.8) is 0 Å². The zero-order chi connectivity index (χ0) is 11.5. The molecule has 0 saturated heterocycles. The summed E-state index contributed by atoms with van der Waals surface area (Å²) >= 11 is 3.38. The normalized spacial score (nSPS) is 12.9. The Kier molecular flexibility index (Phi) is 3.74. The number of hydrogen-bond acceptors (Lipinski definition) is 4. The second-order valence-electron chi connectivity index (χ2n) is 3.89. The first-order valence-corrected chi connectivity index (χ1v) is 6.98. The molecule has 4 heteroatoms. The summed E-state index contributed by atoms with van der Waals surface area (Å²) in [6.07, 6.45) is 1.08. The van der Waals surface area contributed by atoms with E-state index in [0.29, 0.717) is 6.42 Å². The molecule has 2 aromatic heterocycles. The molecule has 1 N–H and O–H groups in total. The van der Waals surface area contributed by atoms with Crippen LogP contribution in [0.4, 0.5) is 0 Å². The molecule has 2 heterocycles. The Morgan fingerprint density at radius 1 is 1.38 bits per heavy atom. The van der Waals surface area contributed by atoms with Gasteiger partial charge in [0.25, 0.3) is 0 Å². The molecule has 0 saturated carbocycles. The number of nitrogens with zero attached hydrogens (tertiary/aromatic N) is 1. The molecule has 0 radical (unpaired) electrons.